The predicted octanol–water partition coefficient (Wildman–Crippen LogP) is 5.31. The highest BCUT2D eigenvalue weighted by molar-refractivity contribution is 7.10. The molecule has 0 aliphatic heterocycles. The molecule has 5 heteroatoms. The van der Waals surface area contributed by atoms with Gasteiger partial charge in [0.05, 0.1) is 23.7 Å². The van der Waals surface area contributed by atoms with Crippen LogP contribution < -0.4 is 0 Å². The Bertz CT molecular complexity index is 702. The first-order valence-electron chi connectivity index (χ1n) is 6.82. The summed E-state index contributed by atoms with van der Waals surface area (Å²) in [6.45, 7) is 1.19. The molecule has 0 N–H and O–H groups in total. The van der Waals surface area contributed by atoms with Crippen molar-refractivity contribution >= 4 is 40.2 Å². The Morgan fingerprint density at radius 3 is 2.00 bits per heavy atom. The molecule has 0 saturated heterocycles. The van der Waals surface area contributed by atoms with E-state index in [4.69, 9.17) is 11.6 Å². The fraction of sp³-hybridized carbons (Fsp3) is 0.118. The third kappa shape index (κ3) is 3.58. The van der Waals surface area contributed by atoms with Crippen molar-refractivity contribution in [1.82, 2.24) is 4.90 Å². The Morgan fingerprint density at radius 2 is 1.50 bits per heavy atom. The van der Waals surface area contributed by atoms with E-state index in [1.54, 1.807) is 34.8 Å². The van der Waals surface area contributed by atoms with E-state index in [1.165, 1.54) is 0 Å². The molecular formula is C17H14ClNOS2. The zero-order chi connectivity index (χ0) is 15.4. The van der Waals surface area contributed by atoms with Crippen LogP contribution in [-0.4, -0.2) is 10.8 Å². The lowest BCUT2D eigenvalue weighted by molar-refractivity contribution is 0.0733. The highest BCUT2D eigenvalue weighted by Gasteiger charge is 2.19. The minimum absolute atomic E-state index is 0.0348. The molecule has 0 unspecified atom stereocenters. The maximum atomic E-state index is 12.9. The van der Waals surface area contributed by atoms with Crippen LogP contribution >= 0.6 is 34.3 Å². The average molecular weight is 348 g/mol. The molecule has 22 heavy (non-hydrogen) atoms. The van der Waals surface area contributed by atoms with E-state index in [2.05, 4.69) is 0 Å². The zero-order valence-electron chi connectivity index (χ0n) is 11.7. The highest BCUT2D eigenvalue weighted by atomic mass is 35.5. The number of rotatable bonds is 5. The standard InChI is InChI=1S/C17H14ClNOS2/c18-16-8-2-1-7-15(16)17(20)19(11-13-5-3-9-21-13)12-14-6-4-10-22-14/h1-10H,11-12H2. The molecule has 0 aliphatic carbocycles. The Morgan fingerprint density at radius 1 is 0.909 bits per heavy atom. The van der Waals surface area contributed by atoms with Gasteiger partial charge in [-0.3, -0.25) is 4.79 Å². The summed E-state index contributed by atoms with van der Waals surface area (Å²) in [6, 6.07) is 15.3. The summed E-state index contributed by atoms with van der Waals surface area (Å²) >= 11 is 9.50. The van der Waals surface area contributed by atoms with Gasteiger partial charge in [0, 0.05) is 9.75 Å². The summed E-state index contributed by atoms with van der Waals surface area (Å²) in [5, 5.41) is 4.55. The quantitative estimate of drug-likeness (QED) is 0.612. The average Bonchev–Trinajstić information content (AvgIpc) is 3.20. The lowest BCUT2D eigenvalue weighted by Crippen LogP contribution is -2.29. The van der Waals surface area contributed by atoms with Gasteiger partial charge in [0.2, 0.25) is 0 Å². The number of amides is 1. The van der Waals surface area contributed by atoms with Crippen molar-refractivity contribution in [1.29, 1.82) is 0 Å². The molecular weight excluding hydrogens is 334 g/mol. The van der Waals surface area contributed by atoms with Gasteiger partial charge in [0.1, 0.15) is 0 Å². The molecule has 2 aromatic heterocycles. The molecule has 3 rings (SSSR count). The largest absolute Gasteiger partial charge is 0.328 e. The number of hydrogen-bond donors (Lipinski definition) is 0. The van der Waals surface area contributed by atoms with Crippen LogP contribution in [0.5, 0.6) is 0 Å². The normalized spacial score (nSPS) is 10.6. The van der Waals surface area contributed by atoms with E-state index in [-0.39, 0.29) is 5.91 Å². The maximum absolute atomic E-state index is 12.9. The monoisotopic (exact) mass is 347 g/mol. The fourth-order valence-corrected chi connectivity index (χ4v) is 3.84. The first kappa shape index (κ1) is 15.3. The van der Waals surface area contributed by atoms with Gasteiger partial charge in [-0.25, -0.2) is 0 Å². The summed E-state index contributed by atoms with van der Waals surface area (Å²) < 4.78 is 0. The Kier molecular flexibility index (Phi) is 4.93. The second-order valence-corrected chi connectivity index (χ2v) is 7.27. The first-order valence-corrected chi connectivity index (χ1v) is 8.96. The molecule has 0 aliphatic rings. The summed E-state index contributed by atoms with van der Waals surface area (Å²) in [4.78, 5) is 17.0. The highest BCUT2D eigenvalue weighted by Crippen LogP contribution is 2.22. The van der Waals surface area contributed by atoms with Crippen LogP contribution in [0.25, 0.3) is 0 Å². The topological polar surface area (TPSA) is 20.3 Å². The van der Waals surface area contributed by atoms with Gasteiger partial charge in [-0.2, -0.15) is 0 Å². The van der Waals surface area contributed by atoms with Crippen molar-refractivity contribution < 1.29 is 4.79 Å². The van der Waals surface area contributed by atoms with E-state index in [1.807, 2.05) is 52.1 Å². The lowest BCUT2D eigenvalue weighted by atomic mass is 10.2. The van der Waals surface area contributed by atoms with Crippen LogP contribution in [0.1, 0.15) is 20.1 Å². The van der Waals surface area contributed by atoms with Crippen LogP contribution in [0.2, 0.25) is 5.02 Å². The zero-order valence-corrected chi connectivity index (χ0v) is 14.1. The van der Waals surface area contributed by atoms with Gasteiger partial charge in [-0.05, 0) is 35.0 Å². The van der Waals surface area contributed by atoms with E-state index >= 15 is 0 Å². The first-order chi connectivity index (χ1) is 10.7. The molecule has 0 saturated carbocycles. The van der Waals surface area contributed by atoms with E-state index in [0.717, 1.165) is 9.75 Å². The molecule has 0 spiro atoms. The van der Waals surface area contributed by atoms with Gasteiger partial charge >= 0.3 is 0 Å². The molecule has 112 valence electrons. The van der Waals surface area contributed by atoms with Crippen LogP contribution in [0.15, 0.2) is 59.3 Å². The third-order valence-corrected chi connectivity index (χ3v) is 5.30. The smallest absolute Gasteiger partial charge is 0.256 e. The van der Waals surface area contributed by atoms with Crippen LogP contribution in [0.4, 0.5) is 0 Å². The summed E-state index contributed by atoms with van der Waals surface area (Å²) in [5.74, 6) is -0.0348. The number of hydrogen-bond acceptors (Lipinski definition) is 3. The number of halogens is 1. The molecule has 0 fully saturated rings. The van der Waals surface area contributed by atoms with Gasteiger partial charge in [-0.1, -0.05) is 35.9 Å². The molecule has 1 amide bonds. The van der Waals surface area contributed by atoms with Gasteiger partial charge in [0.25, 0.3) is 5.91 Å². The third-order valence-electron chi connectivity index (χ3n) is 3.25. The number of carbonyl (C=O) groups excluding carboxylic acids is 1. The fourth-order valence-electron chi connectivity index (χ4n) is 2.19. The van der Waals surface area contributed by atoms with E-state index in [0.29, 0.717) is 23.7 Å². The lowest BCUT2D eigenvalue weighted by Gasteiger charge is -2.22. The van der Waals surface area contributed by atoms with Gasteiger partial charge < -0.3 is 4.90 Å². The van der Waals surface area contributed by atoms with Crippen LogP contribution in [-0.2, 0) is 13.1 Å². The minimum Gasteiger partial charge on any atom is -0.328 e. The molecule has 2 nitrogen and oxygen atoms in total. The summed E-state index contributed by atoms with van der Waals surface area (Å²) in [6.07, 6.45) is 0. The number of carbonyl (C=O) groups is 1. The molecule has 0 bridgehead atoms. The van der Waals surface area contributed by atoms with Crippen LogP contribution in [0, 0.1) is 0 Å². The Hall–Kier alpha value is -1.62. The number of thiophene rings is 2. The second-order valence-electron chi connectivity index (χ2n) is 4.80. The van der Waals surface area contributed by atoms with Crippen molar-refractivity contribution in [3.8, 4) is 0 Å². The van der Waals surface area contributed by atoms with Crippen molar-refractivity contribution in [3.63, 3.8) is 0 Å². The SMILES string of the molecule is O=C(c1ccccc1Cl)N(Cc1cccs1)Cc1cccs1. The van der Waals surface area contributed by atoms with Gasteiger partial charge in [-0.15, -0.1) is 22.7 Å². The molecule has 3 aromatic rings. The minimum atomic E-state index is -0.0348. The maximum Gasteiger partial charge on any atom is 0.256 e. The molecule has 1 aromatic carbocycles. The Labute approximate surface area is 142 Å². The Balaban J connectivity index is 1.87. The number of benzene rings is 1. The molecule has 0 radical (unpaired) electrons. The van der Waals surface area contributed by atoms with E-state index < -0.39 is 0 Å². The summed E-state index contributed by atoms with van der Waals surface area (Å²) in [7, 11) is 0. The van der Waals surface area contributed by atoms with Crippen molar-refractivity contribution in [3.05, 3.63) is 79.6 Å². The van der Waals surface area contributed by atoms with Crippen molar-refractivity contribution in [2.75, 3.05) is 0 Å². The predicted molar refractivity (Wildman–Crippen MR) is 93.7 cm³/mol. The molecule has 0 atom stereocenters. The number of nitrogens with zero attached hydrogens (tertiary/aromatic N) is 1. The van der Waals surface area contributed by atoms with Crippen molar-refractivity contribution in [2.24, 2.45) is 0 Å². The molecule has 2 heterocycles. The summed E-state index contributed by atoms with van der Waals surface area (Å²) in [5.41, 5.74) is 0.553. The van der Waals surface area contributed by atoms with Crippen molar-refractivity contribution in [2.45, 2.75) is 13.1 Å². The van der Waals surface area contributed by atoms with E-state index in [9.17, 15) is 4.79 Å². The van der Waals surface area contributed by atoms with Crippen LogP contribution in [0.3, 0.4) is 0 Å². The second kappa shape index (κ2) is 7.09. The van der Waals surface area contributed by atoms with Gasteiger partial charge in [0.15, 0.2) is 0 Å².